The number of aromatic nitrogens is 3. The summed E-state index contributed by atoms with van der Waals surface area (Å²) in [4.78, 5) is 32.9. The number of fused-ring (bicyclic) bond motifs is 1. The lowest BCUT2D eigenvalue weighted by Crippen LogP contribution is -2.32. The molecular formula is C19H25N5O6S. The quantitative estimate of drug-likeness (QED) is 0.454. The van der Waals surface area contributed by atoms with Crippen molar-refractivity contribution in [3.63, 3.8) is 0 Å². The predicted molar refractivity (Wildman–Crippen MR) is 115 cm³/mol. The fraction of sp³-hybridized carbons (Fsp3) is 0.368. The molecule has 2 radical (unpaired) electrons. The summed E-state index contributed by atoms with van der Waals surface area (Å²) in [5.41, 5.74) is 0.825. The highest BCUT2D eigenvalue weighted by Gasteiger charge is 2.29. The number of rotatable bonds is 7. The van der Waals surface area contributed by atoms with Gasteiger partial charge in [-0.1, -0.05) is 0 Å². The summed E-state index contributed by atoms with van der Waals surface area (Å²) in [7, 11) is 0.308. The molecular weight excluding hydrogens is 426 g/mol. The Balaban J connectivity index is 0.000000366. The number of sulfonamides is 1. The maximum Gasteiger partial charge on any atom is 0.328 e. The molecule has 1 saturated carbocycles. The van der Waals surface area contributed by atoms with Gasteiger partial charge >= 0.3 is 11.9 Å². The molecule has 3 rings (SSSR count). The van der Waals surface area contributed by atoms with E-state index in [0.29, 0.717) is 12.2 Å². The Labute approximate surface area is 180 Å². The van der Waals surface area contributed by atoms with E-state index < -0.39 is 22.0 Å². The van der Waals surface area contributed by atoms with Gasteiger partial charge in [-0.05, 0) is 44.7 Å². The number of carboxylic acid groups (broad SMARTS) is 2. The first-order valence-corrected chi connectivity index (χ1v) is 11.0. The summed E-state index contributed by atoms with van der Waals surface area (Å²) in [6, 6.07) is 3.25. The molecule has 0 unspecified atom stereocenters. The van der Waals surface area contributed by atoms with E-state index in [9.17, 15) is 18.0 Å². The molecule has 11 nitrogen and oxygen atoms in total. The van der Waals surface area contributed by atoms with Crippen LogP contribution in [0.15, 0.2) is 30.7 Å². The normalized spacial score (nSPS) is 15.5. The summed E-state index contributed by atoms with van der Waals surface area (Å²) in [5.74, 6) is -0.404. The zero-order valence-electron chi connectivity index (χ0n) is 17.2. The van der Waals surface area contributed by atoms with Gasteiger partial charge in [0.05, 0.1) is 17.2 Å². The first kappa shape index (κ1) is 24.3. The lowest BCUT2D eigenvalue weighted by molar-refractivity contribution is -0.134. The van der Waals surface area contributed by atoms with Gasteiger partial charge < -0.3 is 20.1 Å². The molecule has 2 heterocycles. The minimum absolute atomic E-state index is 0.135. The molecule has 0 atom stereocenters. The van der Waals surface area contributed by atoms with E-state index in [1.165, 1.54) is 13.1 Å². The third kappa shape index (κ3) is 7.33. The molecule has 31 heavy (non-hydrogen) atoms. The van der Waals surface area contributed by atoms with Crippen LogP contribution in [0.25, 0.3) is 11.0 Å². The average Bonchev–Trinajstić information content (AvgIpc) is 3.21. The van der Waals surface area contributed by atoms with Crippen molar-refractivity contribution < 1.29 is 28.2 Å². The van der Waals surface area contributed by atoms with E-state index in [4.69, 9.17) is 10.2 Å². The van der Waals surface area contributed by atoms with Gasteiger partial charge in [0, 0.05) is 25.4 Å². The number of carboxylic acids is 2. The number of hydrogen-bond donors (Lipinski definition) is 4. The predicted octanol–water partition coefficient (Wildman–Crippen LogP) is 1.34. The minimum Gasteiger partial charge on any atom is -0.478 e. The van der Waals surface area contributed by atoms with E-state index in [2.05, 4.69) is 24.6 Å². The van der Waals surface area contributed by atoms with E-state index in [0.717, 1.165) is 48.5 Å². The fourth-order valence-corrected chi connectivity index (χ4v) is 4.10. The van der Waals surface area contributed by atoms with E-state index in [1.54, 1.807) is 6.33 Å². The molecule has 0 spiro atoms. The molecule has 0 aromatic carbocycles. The minimum atomic E-state index is -3.16. The molecule has 0 saturated heterocycles. The zero-order chi connectivity index (χ0) is 23.0. The van der Waals surface area contributed by atoms with Crippen molar-refractivity contribution in [2.75, 3.05) is 24.7 Å². The molecule has 1 aliphatic carbocycles. The van der Waals surface area contributed by atoms with Gasteiger partial charge in [0.2, 0.25) is 10.0 Å². The Morgan fingerprint density at radius 2 is 1.77 bits per heavy atom. The van der Waals surface area contributed by atoms with E-state index in [1.807, 2.05) is 19.3 Å². The Morgan fingerprint density at radius 3 is 2.32 bits per heavy atom. The third-order valence-electron chi connectivity index (χ3n) is 4.73. The Hall–Kier alpha value is -2.99. The van der Waals surface area contributed by atoms with Crippen molar-refractivity contribution in [2.45, 2.75) is 25.7 Å². The van der Waals surface area contributed by atoms with Crippen LogP contribution in [0.2, 0.25) is 0 Å². The summed E-state index contributed by atoms with van der Waals surface area (Å²) in [5, 5.41) is 16.6. The van der Waals surface area contributed by atoms with Gasteiger partial charge in [-0.3, -0.25) is 0 Å². The number of aliphatic carboxylic acids is 2. The molecule has 0 amide bonds. The van der Waals surface area contributed by atoms with Gasteiger partial charge in [0.15, 0.2) is 0 Å². The molecule has 2 aromatic rings. The molecule has 0 aliphatic heterocycles. The van der Waals surface area contributed by atoms with Gasteiger partial charge in [0.25, 0.3) is 0 Å². The number of nitrogens with one attached hydrogen (secondary N) is 2. The Bertz CT molecular complexity index is 1010. The van der Waals surface area contributed by atoms with Gasteiger partial charge in [-0.25, -0.2) is 32.7 Å². The van der Waals surface area contributed by atoms with Crippen LogP contribution in [-0.4, -0.2) is 65.4 Å². The van der Waals surface area contributed by atoms with Gasteiger partial charge in [0.1, 0.15) is 17.8 Å². The van der Waals surface area contributed by atoms with Crippen LogP contribution in [0.5, 0.6) is 0 Å². The second kappa shape index (κ2) is 10.9. The van der Waals surface area contributed by atoms with Crippen LogP contribution in [0.4, 0.5) is 5.82 Å². The summed E-state index contributed by atoms with van der Waals surface area (Å²) in [6.07, 6.45) is 7.87. The standard InChI is InChI=1S/C15H21N5O2S.C4H4O4/c1-16-23(21,22)9-11-3-5-12(6-4-11)20(2)15-13-7-8-17-14(13)18-10-19-15;5-3(6)1-2-4(7)8/h7-8,10,16H,3-6,9H2,1-2H3,(H,17,18,19);1-2H,(H,5,6)(H,7,8)/b;2-1-. The lowest BCUT2D eigenvalue weighted by Gasteiger charge is -2.34. The van der Waals surface area contributed by atoms with E-state index >= 15 is 0 Å². The second-order valence-corrected chi connectivity index (χ2v) is 8.71. The molecule has 4 N–H and O–H groups in total. The van der Waals surface area contributed by atoms with E-state index in [-0.39, 0.29) is 5.75 Å². The SMILES string of the molecule is CNS(=O)(=O)C[C]1CC[C](N(C)c2ncnc3[nH]ccc23)CC1.O=C(O)/C=C\C(=O)O. The van der Waals surface area contributed by atoms with Gasteiger partial charge in [-0.2, -0.15) is 0 Å². The average molecular weight is 452 g/mol. The van der Waals surface area contributed by atoms with Crippen LogP contribution in [-0.2, 0) is 19.6 Å². The highest BCUT2D eigenvalue weighted by molar-refractivity contribution is 7.89. The number of H-pyrrole nitrogens is 1. The lowest BCUT2D eigenvalue weighted by atomic mass is 9.86. The van der Waals surface area contributed by atoms with Crippen molar-refractivity contribution in [3.8, 4) is 0 Å². The molecule has 168 valence electrons. The molecule has 0 bridgehead atoms. The van der Waals surface area contributed by atoms with Crippen LogP contribution in [0, 0.1) is 12.0 Å². The van der Waals surface area contributed by atoms with Crippen LogP contribution < -0.4 is 9.62 Å². The topological polar surface area (TPSA) is 166 Å². The molecule has 1 aliphatic rings. The highest BCUT2D eigenvalue weighted by Crippen LogP contribution is 2.36. The third-order valence-corrected chi connectivity index (χ3v) is 6.14. The number of anilines is 1. The number of nitrogens with zero attached hydrogens (tertiary/aromatic N) is 3. The van der Waals surface area contributed by atoms with Crippen molar-refractivity contribution in [3.05, 3.63) is 42.7 Å². The summed E-state index contributed by atoms with van der Waals surface area (Å²) in [6.45, 7) is 0. The van der Waals surface area contributed by atoms with Crippen molar-refractivity contribution in [1.82, 2.24) is 19.7 Å². The largest absolute Gasteiger partial charge is 0.478 e. The van der Waals surface area contributed by atoms with Crippen LogP contribution in [0.1, 0.15) is 25.7 Å². The van der Waals surface area contributed by atoms with Crippen molar-refractivity contribution in [1.29, 1.82) is 0 Å². The second-order valence-electron chi connectivity index (χ2n) is 6.79. The Kier molecular flexibility index (Phi) is 8.51. The maximum absolute atomic E-state index is 11.7. The first-order chi connectivity index (χ1) is 14.6. The van der Waals surface area contributed by atoms with Crippen molar-refractivity contribution >= 4 is 38.8 Å². The molecule has 1 fully saturated rings. The zero-order valence-corrected chi connectivity index (χ0v) is 18.0. The van der Waals surface area contributed by atoms with Crippen LogP contribution in [0.3, 0.4) is 0 Å². The van der Waals surface area contributed by atoms with Crippen LogP contribution >= 0.6 is 0 Å². The maximum atomic E-state index is 11.7. The number of hydrogen-bond acceptors (Lipinski definition) is 7. The highest BCUT2D eigenvalue weighted by atomic mass is 32.2. The first-order valence-electron chi connectivity index (χ1n) is 9.38. The van der Waals surface area contributed by atoms with Crippen molar-refractivity contribution in [2.24, 2.45) is 0 Å². The Morgan fingerprint density at radius 1 is 1.16 bits per heavy atom. The number of carbonyl (C=O) groups is 2. The monoisotopic (exact) mass is 451 g/mol. The van der Waals surface area contributed by atoms with Gasteiger partial charge in [-0.15, -0.1) is 0 Å². The molecule has 2 aromatic heterocycles. The fourth-order valence-electron chi connectivity index (χ4n) is 3.13. The molecule has 12 heteroatoms. The smallest absolute Gasteiger partial charge is 0.328 e. The number of aromatic amines is 1. The summed E-state index contributed by atoms with van der Waals surface area (Å²) >= 11 is 0. The summed E-state index contributed by atoms with van der Waals surface area (Å²) < 4.78 is 25.7.